The van der Waals surface area contributed by atoms with E-state index in [1.807, 2.05) is 12.3 Å². The van der Waals surface area contributed by atoms with Crippen LogP contribution in [0.1, 0.15) is 50.4 Å². The van der Waals surface area contributed by atoms with Crippen molar-refractivity contribution in [3.05, 3.63) is 41.4 Å². The summed E-state index contributed by atoms with van der Waals surface area (Å²) in [6.07, 6.45) is 8.42. The Labute approximate surface area is 116 Å². The lowest BCUT2D eigenvalue weighted by atomic mass is 10.0. The number of allylic oxidation sites excluding steroid dienone is 1. The summed E-state index contributed by atoms with van der Waals surface area (Å²) in [6.45, 7) is 6.16. The Kier molecular flexibility index (Phi) is 5.40. The molecule has 0 amide bonds. The Morgan fingerprint density at radius 1 is 1.42 bits per heavy atom. The van der Waals surface area contributed by atoms with Gasteiger partial charge in [-0.3, -0.25) is 4.98 Å². The van der Waals surface area contributed by atoms with Gasteiger partial charge in [-0.25, -0.2) is 0 Å². The molecule has 1 aromatic heterocycles. The fourth-order valence-electron chi connectivity index (χ4n) is 2.41. The normalized spacial score (nSPS) is 16.6. The highest BCUT2D eigenvalue weighted by atomic mass is 16.5. The van der Waals surface area contributed by atoms with Gasteiger partial charge in [-0.1, -0.05) is 19.9 Å². The van der Waals surface area contributed by atoms with Crippen molar-refractivity contribution in [2.45, 2.75) is 45.6 Å². The van der Waals surface area contributed by atoms with Crippen LogP contribution in [0.5, 0.6) is 0 Å². The summed E-state index contributed by atoms with van der Waals surface area (Å²) in [4.78, 5) is 4.59. The van der Waals surface area contributed by atoms with Gasteiger partial charge in [-0.2, -0.15) is 0 Å². The zero-order valence-electron chi connectivity index (χ0n) is 12.0. The predicted octanol–water partition coefficient (Wildman–Crippen LogP) is 3.38. The number of aromatic nitrogens is 1. The van der Waals surface area contributed by atoms with Crippen LogP contribution < -0.4 is 5.32 Å². The van der Waals surface area contributed by atoms with Crippen LogP contribution in [0, 0.1) is 0 Å². The van der Waals surface area contributed by atoms with Crippen molar-refractivity contribution in [3.63, 3.8) is 0 Å². The van der Waals surface area contributed by atoms with Crippen molar-refractivity contribution < 1.29 is 4.74 Å². The Hall–Kier alpha value is -1.35. The van der Waals surface area contributed by atoms with E-state index in [0.717, 1.165) is 50.3 Å². The molecule has 1 N–H and O–H groups in total. The van der Waals surface area contributed by atoms with Crippen LogP contribution in [-0.2, 0) is 11.2 Å². The third kappa shape index (κ3) is 3.57. The molecule has 0 radical (unpaired) electrons. The van der Waals surface area contributed by atoms with E-state index >= 15 is 0 Å². The molecule has 0 fully saturated rings. The lowest BCUT2D eigenvalue weighted by Crippen LogP contribution is -2.28. The predicted molar refractivity (Wildman–Crippen MR) is 77.9 cm³/mol. The van der Waals surface area contributed by atoms with Crippen LogP contribution in [0.25, 0.3) is 0 Å². The summed E-state index contributed by atoms with van der Waals surface area (Å²) in [6, 6.07) is 4.28. The van der Waals surface area contributed by atoms with E-state index in [2.05, 4.69) is 36.3 Å². The molecule has 19 heavy (non-hydrogen) atoms. The number of ether oxygens (including phenoxy) is 1. The molecule has 1 aliphatic rings. The summed E-state index contributed by atoms with van der Waals surface area (Å²) >= 11 is 0. The van der Waals surface area contributed by atoms with E-state index in [-0.39, 0.29) is 6.04 Å². The number of nitrogens with one attached hydrogen (secondary N) is 1. The second kappa shape index (κ2) is 7.29. The van der Waals surface area contributed by atoms with Crippen molar-refractivity contribution in [2.24, 2.45) is 0 Å². The maximum absolute atomic E-state index is 5.85. The van der Waals surface area contributed by atoms with Gasteiger partial charge in [0.05, 0.1) is 12.3 Å². The van der Waals surface area contributed by atoms with Crippen LogP contribution in [0.4, 0.5) is 0 Å². The quantitative estimate of drug-likeness (QED) is 0.851. The zero-order chi connectivity index (χ0) is 13.5. The van der Waals surface area contributed by atoms with Gasteiger partial charge in [0, 0.05) is 6.20 Å². The highest BCUT2D eigenvalue weighted by Gasteiger charge is 2.22. The fourth-order valence-corrected chi connectivity index (χ4v) is 2.41. The SMILES string of the molecule is CCCNC(C1=CCCCO1)c1ncccc1CC. The molecule has 1 aromatic rings. The van der Waals surface area contributed by atoms with E-state index in [4.69, 9.17) is 4.74 Å². The number of hydrogen-bond donors (Lipinski definition) is 1. The second-order valence-corrected chi connectivity index (χ2v) is 4.89. The molecule has 2 rings (SSSR count). The fraction of sp³-hybridized carbons (Fsp3) is 0.562. The molecule has 2 heterocycles. The highest BCUT2D eigenvalue weighted by molar-refractivity contribution is 5.28. The molecule has 3 nitrogen and oxygen atoms in total. The number of aryl methyl sites for hydroxylation is 1. The maximum atomic E-state index is 5.85. The molecular weight excluding hydrogens is 236 g/mol. The minimum Gasteiger partial charge on any atom is -0.496 e. The van der Waals surface area contributed by atoms with Crippen molar-refractivity contribution in [3.8, 4) is 0 Å². The van der Waals surface area contributed by atoms with Gasteiger partial charge in [0.2, 0.25) is 0 Å². The van der Waals surface area contributed by atoms with E-state index in [1.54, 1.807) is 0 Å². The molecule has 1 aliphatic heterocycles. The van der Waals surface area contributed by atoms with E-state index in [0.29, 0.717) is 0 Å². The van der Waals surface area contributed by atoms with E-state index < -0.39 is 0 Å². The van der Waals surface area contributed by atoms with E-state index in [9.17, 15) is 0 Å². The topological polar surface area (TPSA) is 34.1 Å². The number of rotatable bonds is 6. The van der Waals surface area contributed by atoms with Gasteiger partial charge in [-0.05, 0) is 49.9 Å². The van der Waals surface area contributed by atoms with Gasteiger partial charge in [0.15, 0.2) is 0 Å². The number of hydrogen-bond acceptors (Lipinski definition) is 3. The number of pyridine rings is 1. The first-order chi connectivity index (χ1) is 9.36. The van der Waals surface area contributed by atoms with E-state index in [1.165, 1.54) is 5.56 Å². The van der Waals surface area contributed by atoms with Crippen LogP contribution >= 0.6 is 0 Å². The molecule has 104 valence electrons. The van der Waals surface area contributed by atoms with Gasteiger partial charge < -0.3 is 10.1 Å². The summed E-state index contributed by atoms with van der Waals surface area (Å²) in [5.74, 6) is 1.05. The molecule has 0 saturated carbocycles. The molecular formula is C16H24N2O. The maximum Gasteiger partial charge on any atom is 0.115 e. The Morgan fingerprint density at radius 2 is 2.32 bits per heavy atom. The summed E-state index contributed by atoms with van der Waals surface area (Å²) in [5.41, 5.74) is 2.41. The van der Waals surface area contributed by atoms with Crippen LogP contribution in [0.3, 0.4) is 0 Å². The van der Waals surface area contributed by atoms with Crippen molar-refractivity contribution in [2.75, 3.05) is 13.2 Å². The summed E-state index contributed by atoms with van der Waals surface area (Å²) < 4.78 is 5.85. The van der Waals surface area contributed by atoms with Crippen molar-refractivity contribution in [1.82, 2.24) is 10.3 Å². The van der Waals surface area contributed by atoms with Crippen LogP contribution in [0.15, 0.2) is 30.2 Å². The Morgan fingerprint density at radius 3 is 3.00 bits per heavy atom. The van der Waals surface area contributed by atoms with Crippen LogP contribution in [-0.4, -0.2) is 18.1 Å². The minimum atomic E-state index is 0.108. The molecule has 0 aromatic carbocycles. The lowest BCUT2D eigenvalue weighted by Gasteiger charge is -2.25. The molecule has 0 bridgehead atoms. The largest absolute Gasteiger partial charge is 0.496 e. The van der Waals surface area contributed by atoms with Gasteiger partial charge >= 0.3 is 0 Å². The third-order valence-corrected chi connectivity index (χ3v) is 3.43. The third-order valence-electron chi connectivity index (χ3n) is 3.43. The average molecular weight is 260 g/mol. The van der Waals surface area contributed by atoms with Crippen LogP contribution in [0.2, 0.25) is 0 Å². The lowest BCUT2D eigenvalue weighted by molar-refractivity contribution is 0.166. The summed E-state index contributed by atoms with van der Waals surface area (Å²) in [7, 11) is 0. The first-order valence-electron chi connectivity index (χ1n) is 7.36. The molecule has 3 heteroatoms. The first-order valence-corrected chi connectivity index (χ1v) is 7.36. The van der Waals surface area contributed by atoms with Crippen molar-refractivity contribution in [1.29, 1.82) is 0 Å². The van der Waals surface area contributed by atoms with Crippen molar-refractivity contribution >= 4 is 0 Å². The monoisotopic (exact) mass is 260 g/mol. The number of nitrogens with zero attached hydrogens (tertiary/aromatic N) is 1. The zero-order valence-corrected chi connectivity index (χ0v) is 12.0. The Bertz CT molecular complexity index is 429. The molecule has 0 aliphatic carbocycles. The highest BCUT2D eigenvalue weighted by Crippen LogP contribution is 2.27. The van der Waals surface area contributed by atoms with Gasteiger partial charge in [-0.15, -0.1) is 0 Å². The first kappa shape index (κ1) is 14.1. The molecule has 0 saturated heterocycles. The molecule has 0 spiro atoms. The second-order valence-electron chi connectivity index (χ2n) is 4.89. The van der Waals surface area contributed by atoms with Gasteiger partial charge in [0.1, 0.15) is 11.8 Å². The summed E-state index contributed by atoms with van der Waals surface area (Å²) in [5, 5.41) is 3.57. The smallest absolute Gasteiger partial charge is 0.115 e. The average Bonchev–Trinajstić information content (AvgIpc) is 2.49. The molecule has 1 atom stereocenters. The Balaban J connectivity index is 2.27. The van der Waals surface area contributed by atoms with Gasteiger partial charge in [0.25, 0.3) is 0 Å². The standard InChI is InChI=1S/C16H24N2O/c1-3-10-17-16(14-9-5-6-12-19-14)15-13(4-2)8-7-11-18-15/h7-9,11,16-17H,3-6,10,12H2,1-2H3. The minimum absolute atomic E-state index is 0.108. The molecule has 1 unspecified atom stereocenters.